The average Bonchev–Trinajstić information content (AvgIpc) is 1.09. The van der Waals surface area contributed by atoms with E-state index in [-0.39, 0.29) is 128 Å². The van der Waals surface area contributed by atoms with Crippen LogP contribution in [0.4, 0.5) is 0 Å². The van der Waals surface area contributed by atoms with E-state index >= 15 is 0 Å². The van der Waals surface area contributed by atoms with Gasteiger partial charge in [-0.25, -0.2) is 15.1 Å². The van der Waals surface area contributed by atoms with E-state index in [1.165, 1.54) is 0 Å². The summed E-state index contributed by atoms with van der Waals surface area (Å²) >= 11 is 0. The summed E-state index contributed by atoms with van der Waals surface area (Å²) in [4.78, 5) is 25.9. The predicted octanol–water partition coefficient (Wildman–Crippen LogP) is 14.1. The summed E-state index contributed by atoms with van der Waals surface area (Å²) in [5.74, 6) is 0.704. The number of rotatable bonds is 12. The van der Waals surface area contributed by atoms with Crippen LogP contribution in [0.5, 0.6) is 0 Å². The summed E-state index contributed by atoms with van der Waals surface area (Å²) in [6.45, 7) is 22.8. The number of aliphatic hydroxyl groups excluding tert-OH is 6. The molecular formula is C75H88Ir4N8O6-4. The molecule has 93 heavy (non-hydrogen) atoms. The van der Waals surface area contributed by atoms with Crippen LogP contribution in [0, 0.1) is 24.3 Å². The molecular weight excluding hydrogens is 1880 g/mol. The topological polar surface area (TPSA) is 224 Å². The molecule has 14 nitrogen and oxygen atoms in total. The van der Waals surface area contributed by atoms with Crippen molar-refractivity contribution in [1.29, 1.82) is 0 Å². The third-order valence-corrected chi connectivity index (χ3v) is 12.3. The van der Waals surface area contributed by atoms with Gasteiger partial charge in [0.05, 0.1) is 48.1 Å². The van der Waals surface area contributed by atoms with E-state index in [2.05, 4.69) is 106 Å². The Balaban J connectivity index is 0.00000109. The molecule has 0 bridgehead atoms. The molecule has 504 valence electrons. The molecule has 0 saturated carbocycles. The summed E-state index contributed by atoms with van der Waals surface area (Å²) in [6.07, 6.45) is 6.10. The zero-order valence-corrected chi connectivity index (χ0v) is 64.4. The van der Waals surface area contributed by atoms with Gasteiger partial charge in [0, 0.05) is 132 Å². The Morgan fingerprint density at radius 3 is 0.914 bits per heavy atom. The van der Waals surface area contributed by atoms with Crippen molar-refractivity contribution in [1.82, 2.24) is 40.1 Å². The molecule has 4 aromatic heterocycles. The van der Waals surface area contributed by atoms with Crippen LogP contribution < -0.4 is 0 Å². The Morgan fingerprint density at radius 1 is 0.323 bits per heavy atom. The van der Waals surface area contributed by atoms with E-state index in [1.807, 2.05) is 194 Å². The zero-order chi connectivity index (χ0) is 65.2. The van der Waals surface area contributed by atoms with Gasteiger partial charge in [-0.05, 0) is 83.8 Å². The van der Waals surface area contributed by atoms with Crippen LogP contribution in [0.2, 0.25) is 0 Å². The SMILES string of the molecule is CC(C)(C)c1cc(-c2[c-]cccc2)ncn1.CC(C)(C)c1cc(-c2[c-]cccc2)ncn1.CC(O)CC(C)O.CC(O)CC(C)O.CC(O)CC(C)O.[Ir].[Ir].[Ir].[Ir].[c-]1ccccc1-c1ccc(-c2ccccc2)nn1.[c-]1ccccc1-c1ncc(-c2ccccc2)cn1. The molecule has 0 saturated heterocycles. The fraction of sp³-hybridized carbons (Fsp3) is 0.307. The number of hydrogen-bond donors (Lipinski definition) is 6. The van der Waals surface area contributed by atoms with E-state index in [0.29, 0.717) is 25.1 Å². The monoisotopic (exact) mass is 1970 g/mol. The van der Waals surface area contributed by atoms with Crippen LogP contribution in [0.25, 0.3) is 67.5 Å². The fourth-order valence-corrected chi connectivity index (χ4v) is 7.99. The zero-order valence-electron chi connectivity index (χ0n) is 54.8. The first-order chi connectivity index (χ1) is 42.4. The maximum absolute atomic E-state index is 8.56. The number of benzene rings is 6. The Kier molecular flexibility index (Phi) is 43.9. The van der Waals surface area contributed by atoms with Crippen molar-refractivity contribution in [3.63, 3.8) is 0 Å². The van der Waals surface area contributed by atoms with Crippen LogP contribution in [0.15, 0.2) is 207 Å². The second kappa shape index (κ2) is 47.0. The van der Waals surface area contributed by atoms with E-state index in [4.69, 9.17) is 30.6 Å². The van der Waals surface area contributed by atoms with Crippen LogP contribution in [-0.4, -0.2) is 107 Å². The maximum atomic E-state index is 8.56. The Hall–Kier alpha value is -6.00. The maximum Gasteiger partial charge on any atom is 0.105 e. The Labute approximate surface area is 606 Å². The summed E-state index contributed by atoms with van der Waals surface area (Å²) in [5.41, 5.74) is 12.9. The molecule has 6 aromatic carbocycles. The number of aliphatic hydroxyl groups is 6. The molecule has 4 heterocycles. The van der Waals surface area contributed by atoms with Gasteiger partial charge < -0.3 is 30.6 Å². The molecule has 6 unspecified atom stereocenters. The predicted molar refractivity (Wildman–Crippen MR) is 357 cm³/mol. The van der Waals surface area contributed by atoms with Gasteiger partial charge in [-0.2, -0.15) is 5.10 Å². The van der Waals surface area contributed by atoms with Gasteiger partial charge in [-0.15, -0.1) is 144 Å². The van der Waals surface area contributed by atoms with Gasteiger partial charge in [-0.1, -0.05) is 120 Å². The molecule has 0 spiro atoms. The van der Waals surface area contributed by atoms with Crippen LogP contribution in [0.3, 0.4) is 0 Å². The van der Waals surface area contributed by atoms with Crippen LogP contribution in [-0.2, 0) is 91.3 Å². The van der Waals surface area contributed by atoms with E-state index in [9.17, 15) is 0 Å². The van der Waals surface area contributed by atoms with Crippen LogP contribution in [0.1, 0.15) is 114 Å². The molecule has 10 aromatic rings. The van der Waals surface area contributed by atoms with E-state index < -0.39 is 0 Å². The third-order valence-electron chi connectivity index (χ3n) is 12.3. The van der Waals surface area contributed by atoms with Crippen molar-refractivity contribution in [3.05, 3.63) is 243 Å². The third kappa shape index (κ3) is 35.9. The second-order valence-electron chi connectivity index (χ2n) is 23.3. The second-order valence-corrected chi connectivity index (χ2v) is 23.3. The molecule has 6 atom stereocenters. The normalized spacial score (nSPS) is 12.2. The first-order valence-electron chi connectivity index (χ1n) is 29.8. The fourth-order valence-electron chi connectivity index (χ4n) is 7.99. The number of hydrogen-bond acceptors (Lipinski definition) is 14. The van der Waals surface area contributed by atoms with Gasteiger partial charge in [-0.3, -0.25) is 19.9 Å². The van der Waals surface area contributed by atoms with Gasteiger partial charge in [0.25, 0.3) is 0 Å². The summed E-state index contributed by atoms with van der Waals surface area (Å²) in [6, 6.07) is 72.0. The molecule has 0 aliphatic heterocycles. The van der Waals surface area contributed by atoms with Gasteiger partial charge >= 0.3 is 0 Å². The molecule has 4 radical (unpaired) electrons. The van der Waals surface area contributed by atoms with E-state index in [0.717, 1.165) is 73.1 Å². The van der Waals surface area contributed by atoms with Crippen molar-refractivity contribution in [2.75, 3.05) is 0 Å². The molecule has 0 amide bonds. The molecule has 0 aliphatic carbocycles. The van der Waals surface area contributed by atoms with Gasteiger partial charge in [0.1, 0.15) is 12.7 Å². The van der Waals surface area contributed by atoms with Crippen molar-refractivity contribution in [2.24, 2.45) is 0 Å². The largest absolute Gasteiger partial charge is 0.393 e. The first kappa shape index (κ1) is 87.0. The average molecular weight is 1970 g/mol. The van der Waals surface area contributed by atoms with Crippen molar-refractivity contribution in [2.45, 2.75) is 150 Å². The molecule has 0 fully saturated rings. The van der Waals surface area contributed by atoms with E-state index in [1.54, 1.807) is 54.2 Å². The quantitative estimate of drug-likeness (QED) is 0.0626. The summed E-state index contributed by atoms with van der Waals surface area (Å²) in [5, 5.41) is 59.9. The standard InChI is InChI=1S/2C16H11N2.2C14H15N2.3C5H12O2.4Ir/c1-3-7-13(8-4-1)15-11-17-16(18-12-15)14-9-5-2-6-10-14;1-3-7-13(8-4-1)15-11-12-16(18-17-15)14-9-5-2-6-10-14;2*1-14(2,3)13-9-12(15-10-16-13)11-7-5-4-6-8-11;3*1-4(6)3-5(2)7;;;;/h2*1-9,11-12H;2*4-7,9-10H,1-3H3;3*4-7H,3H2,1-2H3;;;;/q4*-1;;;;;;;. The minimum atomic E-state index is -0.375. The molecule has 0 aliphatic rings. The molecule has 18 heteroatoms. The Morgan fingerprint density at radius 2 is 0.624 bits per heavy atom. The van der Waals surface area contributed by atoms with Crippen molar-refractivity contribution >= 4 is 0 Å². The van der Waals surface area contributed by atoms with Crippen LogP contribution >= 0.6 is 0 Å². The summed E-state index contributed by atoms with van der Waals surface area (Å²) in [7, 11) is 0. The first-order valence-corrected chi connectivity index (χ1v) is 29.8. The van der Waals surface area contributed by atoms with Crippen molar-refractivity contribution < 1.29 is 111 Å². The van der Waals surface area contributed by atoms with Gasteiger partial charge in [0.2, 0.25) is 0 Å². The number of aromatic nitrogens is 8. The summed E-state index contributed by atoms with van der Waals surface area (Å²) < 4.78 is 0. The smallest absolute Gasteiger partial charge is 0.105 e. The van der Waals surface area contributed by atoms with Gasteiger partial charge in [0.15, 0.2) is 0 Å². The Bertz CT molecular complexity index is 3070. The minimum absolute atomic E-state index is 0. The number of nitrogens with zero attached hydrogens (tertiary/aromatic N) is 8. The van der Waals surface area contributed by atoms with Crippen molar-refractivity contribution in [3.8, 4) is 67.5 Å². The molecule has 6 N–H and O–H groups in total. The minimum Gasteiger partial charge on any atom is -0.393 e. The molecule has 10 rings (SSSR count).